The van der Waals surface area contributed by atoms with Gasteiger partial charge in [-0.1, -0.05) is 23.4 Å². The molecular weight excluding hydrogens is 420 g/mol. The third kappa shape index (κ3) is 4.88. The fourth-order valence-electron chi connectivity index (χ4n) is 5.61. The molecule has 1 aromatic carbocycles. The first-order chi connectivity index (χ1) is 16.1. The van der Waals surface area contributed by atoms with E-state index >= 15 is 0 Å². The average Bonchev–Trinajstić information content (AvgIpc) is 3.30. The van der Waals surface area contributed by atoms with Crippen LogP contribution < -0.4 is 10.5 Å². The van der Waals surface area contributed by atoms with Gasteiger partial charge in [-0.3, -0.25) is 19.2 Å². The first-order valence-corrected chi connectivity index (χ1v) is 12.0. The number of para-hydroxylation sites is 1. The van der Waals surface area contributed by atoms with Crippen LogP contribution in [0.4, 0.5) is 0 Å². The molecule has 4 saturated heterocycles. The van der Waals surface area contributed by atoms with Gasteiger partial charge in [0.15, 0.2) is 0 Å². The highest BCUT2D eigenvalue weighted by Crippen LogP contribution is 2.38. The molecule has 0 radical (unpaired) electrons. The van der Waals surface area contributed by atoms with E-state index in [-0.39, 0.29) is 23.7 Å². The summed E-state index contributed by atoms with van der Waals surface area (Å²) in [5, 5.41) is 8.56. The highest BCUT2D eigenvalue weighted by Gasteiger charge is 2.45. The van der Waals surface area contributed by atoms with Gasteiger partial charge in [0.1, 0.15) is 18.1 Å². The highest BCUT2D eigenvalue weighted by molar-refractivity contribution is 5.81. The van der Waals surface area contributed by atoms with Gasteiger partial charge in [0, 0.05) is 31.6 Å². The molecule has 9 heteroatoms. The minimum atomic E-state index is -0.240. The maximum atomic E-state index is 13.2. The summed E-state index contributed by atoms with van der Waals surface area (Å²) in [7, 11) is 0. The SMILES string of the molecule is NC(=O)C1CCN(C(=O)[C@H]2CN3CC[C@@H]2C[C@@H]3Cn2cc(COc3ccccc3)nn2)CC1. The minimum Gasteiger partial charge on any atom is -0.487 e. The molecule has 4 aliphatic rings. The first kappa shape index (κ1) is 21.9. The standard InChI is InChI=1S/C24H32N6O3/c25-23(31)17-6-9-28(10-7-17)24(32)22-15-29-11-8-18(22)12-20(29)14-30-13-19(26-27-30)16-33-21-4-2-1-3-5-21/h1-5,13,17-18,20,22H,6-12,14-16H2,(H2,25,31)/t18-,20-,22+/m1/s1. The van der Waals surface area contributed by atoms with Gasteiger partial charge >= 0.3 is 0 Å². The zero-order valence-electron chi connectivity index (χ0n) is 18.9. The Morgan fingerprint density at radius 3 is 2.58 bits per heavy atom. The zero-order valence-corrected chi connectivity index (χ0v) is 18.9. The summed E-state index contributed by atoms with van der Waals surface area (Å²) in [6.45, 7) is 4.30. The third-order valence-corrected chi connectivity index (χ3v) is 7.52. The van der Waals surface area contributed by atoms with Crippen molar-refractivity contribution >= 4 is 11.8 Å². The molecule has 5 heterocycles. The van der Waals surface area contributed by atoms with Crippen LogP contribution in [-0.4, -0.2) is 68.8 Å². The van der Waals surface area contributed by atoms with Gasteiger partial charge in [-0.05, 0) is 50.3 Å². The first-order valence-electron chi connectivity index (χ1n) is 12.0. The number of likely N-dealkylation sites (tertiary alicyclic amines) is 1. The van der Waals surface area contributed by atoms with Crippen LogP contribution in [0.25, 0.3) is 0 Å². The zero-order chi connectivity index (χ0) is 22.8. The highest BCUT2D eigenvalue weighted by atomic mass is 16.5. The van der Waals surface area contributed by atoms with Gasteiger partial charge in [-0.25, -0.2) is 0 Å². The quantitative estimate of drug-likeness (QED) is 0.679. The van der Waals surface area contributed by atoms with Crippen LogP contribution >= 0.6 is 0 Å². The average molecular weight is 453 g/mol. The van der Waals surface area contributed by atoms with Crippen molar-refractivity contribution in [2.45, 2.75) is 44.9 Å². The number of carbonyl (C=O) groups excluding carboxylic acids is 2. The number of hydrogen-bond acceptors (Lipinski definition) is 6. The van der Waals surface area contributed by atoms with Crippen molar-refractivity contribution in [2.75, 3.05) is 26.2 Å². The van der Waals surface area contributed by atoms with Crippen LogP contribution in [0.15, 0.2) is 36.5 Å². The van der Waals surface area contributed by atoms with Crippen LogP contribution in [0.2, 0.25) is 0 Å². The summed E-state index contributed by atoms with van der Waals surface area (Å²) in [6.07, 6.45) is 5.40. The van der Waals surface area contributed by atoms with Crippen molar-refractivity contribution < 1.29 is 14.3 Å². The number of amides is 2. The second-order valence-corrected chi connectivity index (χ2v) is 9.58. The molecule has 0 spiro atoms. The number of ether oxygens (including phenoxy) is 1. The predicted molar refractivity (Wildman–Crippen MR) is 121 cm³/mol. The van der Waals surface area contributed by atoms with Gasteiger partial charge in [0.2, 0.25) is 11.8 Å². The van der Waals surface area contributed by atoms with Crippen molar-refractivity contribution in [2.24, 2.45) is 23.5 Å². The summed E-state index contributed by atoms with van der Waals surface area (Å²) in [5.41, 5.74) is 6.24. The maximum Gasteiger partial charge on any atom is 0.227 e. The van der Waals surface area contributed by atoms with Crippen LogP contribution in [0.5, 0.6) is 5.75 Å². The predicted octanol–water partition coefficient (Wildman–Crippen LogP) is 1.29. The Morgan fingerprint density at radius 2 is 1.88 bits per heavy atom. The van der Waals surface area contributed by atoms with Gasteiger partial charge in [-0.2, -0.15) is 0 Å². The molecule has 0 saturated carbocycles. The van der Waals surface area contributed by atoms with Crippen LogP contribution in [0.3, 0.4) is 0 Å². The molecule has 33 heavy (non-hydrogen) atoms. The summed E-state index contributed by atoms with van der Waals surface area (Å²) in [4.78, 5) is 29.0. The second-order valence-electron chi connectivity index (χ2n) is 9.58. The molecule has 2 aromatic rings. The minimum absolute atomic E-state index is 0.0608. The lowest BCUT2D eigenvalue weighted by Gasteiger charge is -2.50. The van der Waals surface area contributed by atoms with Gasteiger partial charge in [0.25, 0.3) is 0 Å². The number of carbonyl (C=O) groups is 2. The Labute approximate surface area is 193 Å². The van der Waals surface area contributed by atoms with Gasteiger partial charge < -0.3 is 15.4 Å². The molecular formula is C24H32N6O3. The summed E-state index contributed by atoms with van der Waals surface area (Å²) < 4.78 is 7.67. The smallest absolute Gasteiger partial charge is 0.227 e. The summed E-state index contributed by atoms with van der Waals surface area (Å²) in [6, 6.07) is 10.1. The van der Waals surface area contributed by atoms with Crippen molar-refractivity contribution in [3.05, 3.63) is 42.2 Å². The third-order valence-electron chi connectivity index (χ3n) is 7.52. The molecule has 2 bridgehead atoms. The van der Waals surface area contributed by atoms with Crippen molar-refractivity contribution in [3.8, 4) is 5.75 Å². The number of benzene rings is 1. The summed E-state index contributed by atoms with van der Waals surface area (Å²) >= 11 is 0. The molecule has 4 aliphatic heterocycles. The van der Waals surface area contributed by atoms with Crippen LogP contribution in [0.1, 0.15) is 31.4 Å². The molecule has 2 amide bonds. The molecule has 1 aromatic heterocycles. The topological polar surface area (TPSA) is 107 Å². The maximum absolute atomic E-state index is 13.2. The van der Waals surface area contributed by atoms with Crippen LogP contribution in [-0.2, 0) is 22.7 Å². The summed E-state index contributed by atoms with van der Waals surface area (Å²) in [5.74, 6) is 1.22. The number of rotatable bonds is 7. The normalized spacial score (nSPS) is 27.5. The van der Waals surface area contributed by atoms with Crippen LogP contribution in [0, 0.1) is 17.8 Å². The van der Waals surface area contributed by atoms with E-state index in [0.717, 1.165) is 43.9 Å². The number of fused-ring (bicyclic) bond motifs is 3. The number of primary amides is 1. The van der Waals surface area contributed by atoms with Crippen molar-refractivity contribution in [3.63, 3.8) is 0 Å². The monoisotopic (exact) mass is 452 g/mol. The van der Waals surface area contributed by atoms with E-state index in [0.29, 0.717) is 44.5 Å². The van der Waals surface area contributed by atoms with Crippen molar-refractivity contribution in [1.82, 2.24) is 24.8 Å². The fourth-order valence-corrected chi connectivity index (χ4v) is 5.61. The molecule has 4 fully saturated rings. The molecule has 176 valence electrons. The molecule has 2 N–H and O–H groups in total. The number of hydrogen-bond donors (Lipinski definition) is 1. The van der Waals surface area contributed by atoms with Gasteiger partial charge in [-0.15, -0.1) is 5.10 Å². The molecule has 9 nitrogen and oxygen atoms in total. The number of nitrogens with two attached hydrogens (primary N) is 1. The number of piperidine rings is 4. The van der Waals surface area contributed by atoms with E-state index in [1.807, 2.05) is 46.1 Å². The lowest BCUT2D eigenvalue weighted by molar-refractivity contribution is -0.146. The Bertz CT molecular complexity index is 972. The van der Waals surface area contributed by atoms with E-state index in [4.69, 9.17) is 10.5 Å². The molecule has 4 atom stereocenters. The van der Waals surface area contributed by atoms with Gasteiger partial charge in [0.05, 0.1) is 18.7 Å². The Morgan fingerprint density at radius 1 is 1.09 bits per heavy atom. The lowest BCUT2D eigenvalue weighted by Crippen LogP contribution is -2.59. The Hall–Kier alpha value is -2.94. The molecule has 6 rings (SSSR count). The Kier molecular flexibility index (Phi) is 6.30. The van der Waals surface area contributed by atoms with E-state index in [1.165, 1.54) is 0 Å². The Balaban J connectivity index is 1.13. The van der Waals surface area contributed by atoms with E-state index < -0.39 is 0 Å². The molecule has 0 aliphatic carbocycles. The molecule has 1 unspecified atom stereocenters. The second kappa shape index (κ2) is 9.51. The lowest BCUT2D eigenvalue weighted by atomic mass is 9.74. The fraction of sp³-hybridized carbons (Fsp3) is 0.583. The van der Waals surface area contributed by atoms with Crippen molar-refractivity contribution in [1.29, 1.82) is 0 Å². The van der Waals surface area contributed by atoms with E-state index in [1.54, 1.807) is 0 Å². The number of aromatic nitrogens is 3. The van der Waals surface area contributed by atoms with E-state index in [9.17, 15) is 9.59 Å². The number of nitrogens with zero attached hydrogens (tertiary/aromatic N) is 5. The largest absolute Gasteiger partial charge is 0.487 e. The van der Waals surface area contributed by atoms with E-state index in [2.05, 4.69) is 15.2 Å².